The highest BCUT2D eigenvalue weighted by Crippen LogP contribution is 2.24. The van der Waals surface area contributed by atoms with E-state index in [1.54, 1.807) is 0 Å². The van der Waals surface area contributed by atoms with Crippen LogP contribution in [0.1, 0.15) is 5.76 Å². The summed E-state index contributed by atoms with van der Waals surface area (Å²) in [6.45, 7) is 1.89. The van der Waals surface area contributed by atoms with Crippen molar-refractivity contribution in [3.05, 3.63) is 39.3 Å². The van der Waals surface area contributed by atoms with Crippen molar-refractivity contribution in [1.82, 2.24) is 4.98 Å². The number of halogens is 1. The van der Waals surface area contributed by atoms with E-state index in [9.17, 15) is 0 Å². The number of H-pyrrole nitrogens is 1. The van der Waals surface area contributed by atoms with Crippen LogP contribution >= 0.6 is 28.1 Å². The van der Waals surface area contributed by atoms with Crippen molar-refractivity contribution in [3.63, 3.8) is 0 Å². The Balaban J connectivity index is 2.59. The van der Waals surface area contributed by atoms with Gasteiger partial charge in [0.15, 0.2) is 0 Å². The molecule has 1 aromatic heterocycles. The molecule has 72 valence electrons. The second kappa shape index (κ2) is 3.71. The number of aryl methyl sites for hydroxylation is 1. The van der Waals surface area contributed by atoms with Gasteiger partial charge in [-0.2, -0.15) is 0 Å². The number of rotatable bonds is 1. The van der Waals surface area contributed by atoms with Crippen LogP contribution in [0.5, 0.6) is 0 Å². The lowest BCUT2D eigenvalue weighted by Crippen LogP contribution is -1.79. The van der Waals surface area contributed by atoms with Crippen LogP contribution < -0.4 is 0 Å². The highest BCUT2D eigenvalue weighted by atomic mass is 79.9. The third-order valence-corrected chi connectivity index (χ3v) is 2.62. The first-order chi connectivity index (χ1) is 6.66. The fourth-order valence-corrected chi connectivity index (χ4v) is 1.95. The Morgan fingerprint density at radius 1 is 1.43 bits per heavy atom. The molecule has 0 atom stereocenters. The van der Waals surface area contributed by atoms with E-state index in [2.05, 4.69) is 20.9 Å². The summed E-state index contributed by atoms with van der Waals surface area (Å²) in [7, 11) is 0. The fraction of sp³-hybridized carbons (Fsp3) is 0.100. The summed E-state index contributed by atoms with van der Waals surface area (Å²) in [4.78, 5) is 3.43. The average molecular weight is 270 g/mol. The Hall–Kier alpha value is -0.870. The van der Waals surface area contributed by atoms with Crippen molar-refractivity contribution in [2.45, 2.75) is 6.92 Å². The minimum atomic E-state index is 0.414. The van der Waals surface area contributed by atoms with Crippen LogP contribution in [0, 0.1) is 11.8 Å². The van der Waals surface area contributed by atoms with Crippen LogP contribution in [0.15, 0.2) is 33.2 Å². The maximum atomic E-state index is 5.25. The molecular formula is C10H8BrNOS. The number of nitrogens with one attached hydrogen (secondary N) is 1. The number of hydrogen-bond donors (Lipinski definition) is 1. The minimum Gasteiger partial charge on any atom is -0.434 e. The Morgan fingerprint density at radius 3 is 2.79 bits per heavy atom. The average Bonchev–Trinajstić information content (AvgIpc) is 2.45. The van der Waals surface area contributed by atoms with Gasteiger partial charge in [0.1, 0.15) is 5.76 Å². The maximum absolute atomic E-state index is 5.25. The van der Waals surface area contributed by atoms with Crippen LogP contribution in [0.4, 0.5) is 0 Å². The largest absolute Gasteiger partial charge is 0.434 e. The lowest BCUT2D eigenvalue weighted by Gasteiger charge is -1.98. The molecule has 0 saturated heterocycles. The SMILES string of the molecule is Cc1oc(=S)[nH]c1-c1cccc(Br)c1. The van der Waals surface area contributed by atoms with Gasteiger partial charge >= 0.3 is 0 Å². The zero-order valence-corrected chi connectivity index (χ0v) is 9.91. The number of oxazole rings is 1. The third kappa shape index (κ3) is 1.81. The van der Waals surface area contributed by atoms with Gasteiger partial charge in [0, 0.05) is 10.0 Å². The van der Waals surface area contributed by atoms with Crippen LogP contribution in [-0.4, -0.2) is 4.98 Å². The molecule has 0 aliphatic heterocycles. The van der Waals surface area contributed by atoms with Crippen molar-refractivity contribution in [1.29, 1.82) is 0 Å². The van der Waals surface area contributed by atoms with Gasteiger partial charge in [-0.3, -0.25) is 0 Å². The normalized spacial score (nSPS) is 10.4. The Morgan fingerprint density at radius 2 is 2.21 bits per heavy atom. The molecule has 0 unspecified atom stereocenters. The Bertz CT molecular complexity index is 515. The van der Waals surface area contributed by atoms with Crippen molar-refractivity contribution in [2.75, 3.05) is 0 Å². The third-order valence-electron chi connectivity index (χ3n) is 1.94. The van der Waals surface area contributed by atoms with E-state index in [4.69, 9.17) is 16.6 Å². The molecule has 0 saturated carbocycles. The van der Waals surface area contributed by atoms with Crippen molar-refractivity contribution >= 4 is 28.1 Å². The van der Waals surface area contributed by atoms with Crippen LogP contribution in [-0.2, 0) is 0 Å². The molecule has 1 N–H and O–H groups in total. The highest BCUT2D eigenvalue weighted by molar-refractivity contribution is 9.10. The topological polar surface area (TPSA) is 28.9 Å². The molecule has 2 aromatic rings. The molecular weight excluding hydrogens is 262 g/mol. The van der Waals surface area contributed by atoms with Crippen LogP contribution in [0.2, 0.25) is 0 Å². The van der Waals surface area contributed by atoms with Gasteiger partial charge in [0.2, 0.25) is 0 Å². The van der Waals surface area contributed by atoms with Gasteiger partial charge in [-0.05, 0) is 31.3 Å². The van der Waals surface area contributed by atoms with Crippen LogP contribution in [0.25, 0.3) is 11.3 Å². The molecule has 2 nitrogen and oxygen atoms in total. The van der Waals surface area contributed by atoms with Gasteiger partial charge in [-0.15, -0.1) is 0 Å². The van der Waals surface area contributed by atoms with Crippen molar-refractivity contribution in [2.24, 2.45) is 0 Å². The van der Waals surface area contributed by atoms with E-state index in [0.29, 0.717) is 4.84 Å². The predicted octanol–water partition coefficient (Wildman–Crippen LogP) is 4.08. The molecule has 0 fully saturated rings. The molecule has 4 heteroatoms. The highest BCUT2D eigenvalue weighted by Gasteiger charge is 2.05. The fourth-order valence-electron chi connectivity index (χ4n) is 1.33. The monoisotopic (exact) mass is 269 g/mol. The van der Waals surface area contributed by atoms with E-state index < -0.39 is 0 Å². The van der Waals surface area contributed by atoms with E-state index >= 15 is 0 Å². The zero-order valence-electron chi connectivity index (χ0n) is 7.50. The van der Waals surface area contributed by atoms with Gasteiger partial charge in [-0.25, -0.2) is 0 Å². The second-order valence-corrected chi connectivity index (χ2v) is 4.24. The smallest absolute Gasteiger partial charge is 0.266 e. The molecule has 0 aliphatic rings. The lowest BCUT2D eigenvalue weighted by molar-refractivity contribution is 0.512. The quantitative estimate of drug-likeness (QED) is 0.791. The lowest BCUT2D eigenvalue weighted by atomic mass is 10.1. The molecule has 2 rings (SSSR count). The molecule has 0 amide bonds. The second-order valence-electron chi connectivity index (χ2n) is 2.96. The standard InChI is InChI=1S/C10H8BrNOS/c1-6-9(12-10(14)13-6)7-3-2-4-8(11)5-7/h2-5H,1H3,(H,12,14). The van der Waals surface area contributed by atoms with E-state index in [1.807, 2.05) is 31.2 Å². The van der Waals surface area contributed by atoms with Gasteiger partial charge < -0.3 is 9.40 Å². The molecule has 14 heavy (non-hydrogen) atoms. The van der Waals surface area contributed by atoms with Crippen molar-refractivity contribution in [3.8, 4) is 11.3 Å². The summed E-state index contributed by atoms with van der Waals surface area (Å²) in [6, 6.07) is 7.98. The summed E-state index contributed by atoms with van der Waals surface area (Å²) in [5, 5.41) is 0. The number of aromatic nitrogens is 1. The van der Waals surface area contributed by atoms with Gasteiger partial charge in [0.05, 0.1) is 5.69 Å². The van der Waals surface area contributed by atoms with Crippen LogP contribution in [0.3, 0.4) is 0 Å². The summed E-state index contributed by atoms with van der Waals surface area (Å²) in [6.07, 6.45) is 0. The van der Waals surface area contributed by atoms with E-state index in [1.165, 1.54) is 0 Å². The molecule has 0 radical (unpaired) electrons. The molecule has 0 spiro atoms. The minimum absolute atomic E-state index is 0.414. The van der Waals surface area contributed by atoms with E-state index in [0.717, 1.165) is 21.5 Å². The first-order valence-electron chi connectivity index (χ1n) is 4.12. The first kappa shape index (κ1) is 9.68. The first-order valence-corrected chi connectivity index (χ1v) is 5.32. The summed E-state index contributed by atoms with van der Waals surface area (Å²) < 4.78 is 6.29. The molecule has 0 aliphatic carbocycles. The van der Waals surface area contributed by atoms with Gasteiger partial charge in [-0.1, -0.05) is 28.1 Å². The summed E-state index contributed by atoms with van der Waals surface area (Å²) in [5.41, 5.74) is 2.01. The van der Waals surface area contributed by atoms with E-state index in [-0.39, 0.29) is 0 Å². The number of aromatic amines is 1. The van der Waals surface area contributed by atoms with Gasteiger partial charge in [0.25, 0.3) is 4.84 Å². The number of hydrogen-bond acceptors (Lipinski definition) is 2. The maximum Gasteiger partial charge on any atom is 0.266 e. The Kier molecular flexibility index (Phi) is 2.56. The van der Waals surface area contributed by atoms with Crippen molar-refractivity contribution < 1.29 is 4.42 Å². The molecule has 0 bridgehead atoms. The zero-order chi connectivity index (χ0) is 10.1. The molecule has 1 aromatic carbocycles. The Labute approximate surface area is 95.1 Å². The molecule has 1 heterocycles. The summed E-state index contributed by atoms with van der Waals surface area (Å²) in [5.74, 6) is 0.813. The summed E-state index contributed by atoms with van der Waals surface area (Å²) >= 11 is 8.34. The predicted molar refractivity (Wildman–Crippen MR) is 61.8 cm³/mol. The number of benzene rings is 1.